The summed E-state index contributed by atoms with van der Waals surface area (Å²) in [7, 11) is 0. The molecule has 3 heteroatoms. The smallest absolute Gasteiger partial charge is 0.163 e. The Hall–Kier alpha value is -0.960. The molecule has 1 aliphatic carbocycles. The van der Waals surface area contributed by atoms with Crippen molar-refractivity contribution < 1.29 is 8.78 Å². The molecule has 1 aromatic carbocycles. The second kappa shape index (κ2) is 6.28. The van der Waals surface area contributed by atoms with Gasteiger partial charge in [-0.2, -0.15) is 0 Å². The first-order chi connectivity index (χ1) is 8.74. The Morgan fingerprint density at radius 2 is 1.94 bits per heavy atom. The molecule has 1 saturated carbocycles. The topological polar surface area (TPSA) is 12.0 Å². The molecule has 1 aromatic rings. The van der Waals surface area contributed by atoms with Crippen molar-refractivity contribution in [3.8, 4) is 0 Å². The van der Waals surface area contributed by atoms with Crippen LogP contribution in [0.2, 0.25) is 0 Å². The average Bonchev–Trinajstić information content (AvgIpc) is 2.41. The standard InChI is InChI=1S/C15H21F2N/c1-2-18-15(11-7-4-3-5-8-11)12-9-6-10-13(16)14(12)17/h6,9-11,15,18H,2-5,7-8H2,1H3. The largest absolute Gasteiger partial charge is 0.310 e. The third-order valence-electron chi connectivity index (χ3n) is 3.86. The van der Waals surface area contributed by atoms with Gasteiger partial charge in [-0.1, -0.05) is 38.3 Å². The van der Waals surface area contributed by atoms with Gasteiger partial charge in [-0.15, -0.1) is 0 Å². The zero-order valence-electron chi connectivity index (χ0n) is 10.9. The summed E-state index contributed by atoms with van der Waals surface area (Å²) in [6, 6.07) is 4.44. The van der Waals surface area contributed by atoms with Crippen molar-refractivity contribution in [3.63, 3.8) is 0 Å². The summed E-state index contributed by atoms with van der Waals surface area (Å²) in [6.07, 6.45) is 5.87. The van der Waals surface area contributed by atoms with E-state index in [2.05, 4.69) is 5.32 Å². The highest BCUT2D eigenvalue weighted by molar-refractivity contribution is 5.23. The van der Waals surface area contributed by atoms with E-state index >= 15 is 0 Å². The molecule has 1 N–H and O–H groups in total. The molecule has 0 bridgehead atoms. The fourth-order valence-electron chi connectivity index (χ4n) is 2.98. The van der Waals surface area contributed by atoms with E-state index in [0.717, 1.165) is 19.4 Å². The molecule has 0 spiro atoms. The third kappa shape index (κ3) is 2.89. The zero-order valence-corrected chi connectivity index (χ0v) is 10.9. The number of rotatable bonds is 4. The highest BCUT2D eigenvalue weighted by Crippen LogP contribution is 2.35. The van der Waals surface area contributed by atoms with E-state index < -0.39 is 11.6 Å². The van der Waals surface area contributed by atoms with Crippen LogP contribution in [0.1, 0.15) is 50.6 Å². The third-order valence-corrected chi connectivity index (χ3v) is 3.86. The van der Waals surface area contributed by atoms with Gasteiger partial charge < -0.3 is 5.32 Å². The van der Waals surface area contributed by atoms with Gasteiger partial charge in [-0.3, -0.25) is 0 Å². The summed E-state index contributed by atoms with van der Waals surface area (Å²) in [5.74, 6) is -1.00. The lowest BCUT2D eigenvalue weighted by Gasteiger charge is -2.31. The first-order valence-corrected chi connectivity index (χ1v) is 6.91. The molecular formula is C15H21F2N. The lowest BCUT2D eigenvalue weighted by atomic mass is 9.81. The first-order valence-electron chi connectivity index (χ1n) is 6.91. The quantitative estimate of drug-likeness (QED) is 0.848. The number of halogens is 2. The van der Waals surface area contributed by atoms with Crippen molar-refractivity contribution in [3.05, 3.63) is 35.4 Å². The molecule has 1 fully saturated rings. The Bertz CT molecular complexity index is 386. The maximum Gasteiger partial charge on any atom is 0.163 e. The number of nitrogens with one attached hydrogen (secondary N) is 1. The van der Waals surface area contributed by atoms with E-state index in [1.165, 1.54) is 25.3 Å². The minimum absolute atomic E-state index is 0.0500. The van der Waals surface area contributed by atoms with Crippen LogP contribution in [0, 0.1) is 17.6 Å². The van der Waals surface area contributed by atoms with Gasteiger partial charge in [-0.25, -0.2) is 8.78 Å². The van der Waals surface area contributed by atoms with Gasteiger partial charge in [0.25, 0.3) is 0 Å². The summed E-state index contributed by atoms with van der Waals surface area (Å²) in [6.45, 7) is 2.78. The summed E-state index contributed by atoms with van der Waals surface area (Å²) < 4.78 is 27.3. The minimum Gasteiger partial charge on any atom is -0.310 e. The first kappa shape index (κ1) is 13.5. The predicted molar refractivity (Wildman–Crippen MR) is 69.4 cm³/mol. The lowest BCUT2D eigenvalue weighted by molar-refractivity contribution is 0.268. The maximum absolute atomic E-state index is 13.9. The molecule has 0 aromatic heterocycles. The fraction of sp³-hybridized carbons (Fsp3) is 0.600. The SMILES string of the molecule is CCNC(c1cccc(F)c1F)C1CCCCC1. The van der Waals surface area contributed by atoms with E-state index in [-0.39, 0.29) is 6.04 Å². The normalized spacial score (nSPS) is 18.8. The molecule has 1 nitrogen and oxygen atoms in total. The zero-order chi connectivity index (χ0) is 13.0. The lowest BCUT2D eigenvalue weighted by Crippen LogP contribution is -2.30. The summed E-state index contributed by atoms with van der Waals surface area (Å²) >= 11 is 0. The fourth-order valence-corrected chi connectivity index (χ4v) is 2.98. The van der Waals surface area contributed by atoms with Crippen molar-refractivity contribution >= 4 is 0 Å². The molecule has 1 aliphatic rings. The molecule has 1 unspecified atom stereocenters. The van der Waals surface area contributed by atoms with Gasteiger partial charge in [0.1, 0.15) is 0 Å². The molecule has 100 valence electrons. The second-order valence-electron chi connectivity index (χ2n) is 5.08. The van der Waals surface area contributed by atoms with Gasteiger partial charge in [0, 0.05) is 11.6 Å². The van der Waals surface area contributed by atoms with E-state index in [1.54, 1.807) is 12.1 Å². The maximum atomic E-state index is 13.9. The minimum atomic E-state index is -0.744. The molecule has 1 atom stereocenters. The number of hydrogen-bond donors (Lipinski definition) is 1. The highest BCUT2D eigenvalue weighted by atomic mass is 19.2. The van der Waals surface area contributed by atoms with Gasteiger partial charge in [-0.05, 0) is 31.4 Å². The van der Waals surface area contributed by atoms with Crippen molar-refractivity contribution in [2.45, 2.75) is 45.1 Å². The second-order valence-corrected chi connectivity index (χ2v) is 5.08. The van der Waals surface area contributed by atoms with Crippen LogP contribution in [0.4, 0.5) is 8.78 Å². The van der Waals surface area contributed by atoms with E-state index in [1.807, 2.05) is 6.92 Å². The molecule has 0 heterocycles. The number of hydrogen-bond acceptors (Lipinski definition) is 1. The van der Waals surface area contributed by atoms with Crippen LogP contribution in [0.25, 0.3) is 0 Å². The van der Waals surface area contributed by atoms with E-state index in [0.29, 0.717) is 11.5 Å². The molecule has 0 radical (unpaired) electrons. The predicted octanol–water partition coefficient (Wildman–Crippen LogP) is 4.20. The van der Waals surface area contributed by atoms with Crippen molar-refractivity contribution in [1.82, 2.24) is 5.32 Å². The number of benzene rings is 1. The Morgan fingerprint density at radius 1 is 1.22 bits per heavy atom. The van der Waals surface area contributed by atoms with Gasteiger partial charge in [0.15, 0.2) is 11.6 Å². The summed E-state index contributed by atoms with van der Waals surface area (Å²) in [4.78, 5) is 0. The molecule has 0 saturated heterocycles. The van der Waals surface area contributed by atoms with Crippen LogP contribution in [0.5, 0.6) is 0 Å². The van der Waals surface area contributed by atoms with Crippen LogP contribution in [0.15, 0.2) is 18.2 Å². The van der Waals surface area contributed by atoms with Crippen LogP contribution in [-0.2, 0) is 0 Å². The van der Waals surface area contributed by atoms with Crippen LogP contribution >= 0.6 is 0 Å². The summed E-state index contributed by atoms with van der Waals surface area (Å²) in [5, 5.41) is 3.33. The van der Waals surface area contributed by atoms with Crippen molar-refractivity contribution in [1.29, 1.82) is 0 Å². The van der Waals surface area contributed by atoms with Crippen LogP contribution in [-0.4, -0.2) is 6.54 Å². The molecule has 18 heavy (non-hydrogen) atoms. The van der Waals surface area contributed by atoms with E-state index in [9.17, 15) is 8.78 Å². The average molecular weight is 253 g/mol. The molecule has 2 rings (SSSR count). The van der Waals surface area contributed by atoms with E-state index in [4.69, 9.17) is 0 Å². The van der Waals surface area contributed by atoms with Gasteiger partial charge in [0.2, 0.25) is 0 Å². The molecule has 0 aliphatic heterocycles. The Morgan fingerprint density at radius 3 is 2.61 bits per heavy atom. The Kier molecular flexibility index (Phi) is 4.70. The van der Waals surface area contributed by atoms with Crippen molar-refractivity contribution in [2.24, 2.45) is 5.92 Å². The highest BCUT2D eigenvalue weighted by Gasteiger charge is 2.27. The summed E-state index contributed by atoms with van der Waals surface area (Å²) in [5.41, 5.74) is 0.490. The van der Waals surface area contributed by atoms with Crippen LogP contribution in [0.3, 0.4) is 0 Å². The van der Waals surface area contributed by atoms with Gasteiger partial charge >= 0.3 is 0 Å². The van der Waals surface area contributed by atoms with Crippen LogP contribution < -0.4 is 5.32 Å². The monoisotopic (exact) mass is 253 g/mol. The van der Waals surface area contributed by atoms with Gasteiger partial charge in [0.05, 0.1) is 0 Å². The molecular weight excluding hydrogens is 232 g/mol. The van der Waals surface area contributed by atoms with Crippen molar-refractivity contribution in [2.75, 3.05) is 6.54 Å². The molecule has 0 amide bonds. The Labute approximate surface area is 108 Å². The Balaban J connectivity index is 2.25.